The third-order valence-electron chi connectivity index (χ3n) is 6.51. The second kappa shape index (κ2) is 7.42. The molecule has 1 aromatic heterocycles. The molecule has 30 heavy (non-hydrogen) atoms. The molecule has 3 aliphatic carbocycles. The van der Waals surface area contributed by atoms with Crippen LogP contribution >= 0.6 is 0 Å². The molecule has 0 fully saturated rings. The molecular formula is C22H26N2O5S. The van der Waals surface area contributed by atoms with Gasteiger partial charge in [0.25, 0.3) is 10.0 Å². The fraction of sp³-hybridized carbons (Fsp3) is 0.500. The third kappa shape index (κ3) is 3.41. The highest BCUT2D eigenvalue weighted by Crippen LogP contribution is 2.38. The fourth-order valence-corrected chi connectivity index (χ4v) is 5.97. The molecule has 3 aliphatic rings. The maximum atomic E-state index is 12.8. The molecule has 0 aliphatic heterocycles. The van der Waals surface area contributed by atoms with Crippen LogP contribution in [0.1, 0.15) is 71.8 Å². The summed E-state index contributed by atoms with van der Waals surface area (Å²) in [5.74, 6) is 0.486. The lowest BCUT2D eigenvalue weighted by Crippen LogP contribution is -2.34. The maximum Gasteiger partial charge on any atom is 0.333 e. The van der Waals surface area contributed by atoms with Crippen LogP contribution in [0, 0.1) is 0 Å². The third-order valence-corrected chi connectivity index (χ3v) is 7.70. The second-order valence-electron chi connectivity index (χ2n) is 8.50. The predicted molar refractivity (Wildman–Crippen MR) is 111 cm³/mol. The Morgan fingerprint density at radius 3 is 2.37 bits per heavy atom. The van der Waals surface area contributed by atoms with Crippen molar-refractivity contribution in [2.45, 2.75) is 75.4 Å². The molecule has 5 rings (SSSR count). The highest BCUT2D eigenvalue weighted by Gasteiger charge is 2.30. The Kier molecular flexibility index (Phi) is 4.86. The summed E-state index contributed by atoms with van der Waals surface area (Å²) in [6.45, 7) is 0. The van der Waals surface area contributed by atoms with Crippen LogP contribution < -0.4 is 10.0 Å². The van der Waals surface area contributed by atoms with E-state index in [9.17, 15) is 18.3 Å². The summed E-state index contributed by atoms with van der Waals surface area (Å²) in [4.78, 5) is 12.7. The molecule has 7 nitrogen and oxygen atoms in total. The van der Waals surface area contributed by atoms with Gasteiger partial charge < -0.3 is 14.8 Å². The average molecular weight is 431 g/mol. The Labute approximate surface area is 175 Å². The van der Waals surface area contributed by atoms with Crippen LogP contribution in [0.25, 0.3) is 0 Å². The van der Waals surface area contributed by atoms with Gasteiger partial charge in [-0.3, -0.25) is 0 Å². The van der Waals surface area contributed by atoms with E-state index in [4.69, 9.17) is 4.42 Å². The van der Waals surface area contributed by atoms with Crippen molar-refractivity contribution in [3.8, 4) is 0 Å². The molecule has 2 amide bonds. The number of furan rings is 1. The first kappa shape index (κ1) is 19.6. The highest BCUT2D eigenvalue weighted by atomic mass is 32.2. The second-order valence-corrected chi connectivity index (χ2v) is 10.1. The molecule has 0 bridgehead atoms. The number of aryl methyl sites for hydroxylation is 3. The van der Waals surface area contributed by atoms with E-state index in [0.29, 0.717) is 24.2 Å². The molecule has 0 spiro atoms. The van der Waals surface area contributed by atoms with Crippen molar-refractivity contribution in [2.24, 2.45) is 0 Å². The van der Waals surface area contributed by atoms with Gasteiger partial charge in [0, 0.05) is 23.7 Å². The first-order chi connectivity index (χ1) is 14.4. The van der Waals surface area contributed by atoms with Gasteiger partial charge in [-0.15, -0.1) is 0 Å². The molecule has 0 saturated heterocycles. The van der Waals surface area contributed by atoms with Crippen LogP contribution in [0.15, 0.2) is 21.6 Å². The molecule has 1 heterocycles. The molecule has 8 heteroatoms. The molecule has 1 atom stereocenters. The van der Waals surface area contributed by atoms with Crippen LogP contribution in [0.4, 0.5) is 10.5 Å². The van der Waals surface area contributed by atoms with Gasteiger partial charge in [0.05, 0.1) is 6.10 Å². The lowest BCUT2D eigenvalue weighted by Gasteiger charge is -2.16. The maximum absolute atomic E-state index is 12.8. The number of nitrogens with one attached hydrogen (secondary N) is 2. The first-order valence-electron chi connectivity index (χ1n) is 10.7. The Hall–Kier alpha value is -2.32. The molecule has 160 valence electrons. The standard InChI is InChI=1S/C22H26N2O5S/c25-18-9-1-2-10-19-17(18)12-20(29-19)30(27,28)24-22(26)23-21-15-7-3-5-13(15)11-14-6-4-8-16(14)21/h11-12,18,25H,1-10H2,(H2,23,24,26). The van der Waals surface area contributed by atoms with Crippen LogP contribution in [0.2, 0.25) is 0 Å². The van der Waals surface area contributed by atoms with Crippen molar-refractivity contribution in [3.63, 3.8) is 0 Å². The van der Waals surface area contributed by atoms with Gasteiger partial charge in [0.2, 0.25) is 5.09 Å². The number of carbonyl (C=O) groups excluding carboxylic acids is 1. The van der Waals surface area contributed by atoms with E-state index in [0.717, 1.165) is 68.2 Å². The summed E-state index contributed by atoms with van der Waals surface area (Å²) in [5.41, 5.74) is 6.09. The molecule has 1 aromatic carbocycles. The number of carbonyl (C=O) groups is 1. The van der Waals surface area contributed by atoms with Crippen LogP contribution in [0.5, 0.6) is 0 Å². The van der Waals surface area contributed by atoms with Crippen LogP contribution in [-0.2, 0) is 42.1 Å². The Morgan fingerprint density at radius 1 is 0.967 bits per heavy atom. The molecule has 1 unspecified atom stereocenters. The smallest absolute Gasteiger partial charge is 0.333 e. The monoisotopic (exact) mass is 430 g/mol. The number of amides is 2. The van der Waals surface area contributed by atoms with E-state index in [1.807, 2.05) is 0 Å². The van der Waals surface area contributed by atoms with E-state index in [1.54, 1.807) is 0 Å². The predicted octanol–water partition coefficient (Wildman–Crippen LogP) is 3.53. The summed E-state index contributed by atoms with van der Waals surface area (Å²) in [5, 5.41) is 12.7. The summed E-state index contributed by atoms with van der Waals surface area (Å²) >= 11 is 0. The zero-order valence-corrected chi connectivity index (χ0v) is 17.6. The SMILES string of the molecule is O=C(Nc1c2c(cc3c1CCC3)CCC2)NS(=O)(=O)c1cc2c(o1)CCCCC2O. The summed E-state index contributed by atoms with van der Waals surface area (Å²) in [6.07, 6.45) is 7.99. The molecule has 3 N–H and O–H groups in total. The van der Waals surface area contributed by atoms with Gasteiger partial charge in [-0.2, -0.15) is 8.42 Å². The Balaban J connectivity index is 1.39. The summed E-state index contributed by atoms with van der Waals surface area (Å²) in [6, 6.07) is 2.82. The Morgan fingerprint density at radius 2 is 1.67 bits per heavy atom. The first-order valence-corrected chi connectivity index (χ1v) is 12.2. The summed E-state index contributed by atoms with van der Waals surface area (Å²) < 4.78 is 33.1. The van der Waals surface area contributed by atoms with Crippen molar-refractivity contribution in [2.75, 3.05) is 5.32 Å². The van der Waals surface area contributed by atoms with E-state index < -0.39 is 22.2 Å². The van der Waals surface area contributed by atoms with E-state index in [-0.39, 0.29) is 5.09 Å². The highest BCUT2D eigenvalue weighted by molar-refractivity contribution is 7.89. The fourth-order valence-electron chi connectivity index (χ4n) is 5.08. The van der Waals surface area contributed by atoms with Crippen LogP contribution in [-0.4, -0.2) is 19.6 Å². The largest absolute Gasteiger partial charge is 0.447 e. The molecule has 0 saturated carbocycles. The van der Waals surface area contributed by atoms with Gasteiger partial charge in [-0.05, 0) is 73.6 Å². The minimum atomic E-state index is -4.18. The van der Waals surface area contributed by atoms with E-state index in [1.165, 1.54) is 17.2 Å². The van der Waals surface area contributed by atoms with Crippen molar-refractivity contribution >= 4 is 21.7 Å². The van der Waals surface area contributed by atoms with Crippen molar-refractivity contribution in [3.05, 3.63) is 45.7 Å². The quantitative estimate of drug-likeness (QED) is 0.646. The van der Waals surface area contributed by atoms with Crippen molar-refractivity contribution in [1.82, 2.24) is 4.72 Å². The van der Waals surface area contributed by atoms with E-state index in [2.05, 4.69) is 16.1 Å². The average Bonchev–Trinajstić information content (AvgIpc) is 3.42. The van der Waals surface area contributed by atoms with Gasteiger partial charge in [0.1, 0.15) is 5.76 Å². The van der Waals surface area contributed by atoms with Crippen molar-refractivity contribution < 1.29 is 22.7 Å². The van der Waals surface area contributed by atoms with Gasteiger partial charge in [-0.1, -0.05) is 12.5 Å². The minimum absolute atomic E-state index is 0.327. The zero-order chi connectivity index (χ0) is 20.9. The molecule has 0 radical (unpaired) electrons. The number of anilines is 1. The zero-order valence-electron chi connectivity index (χ0n) is 16.8. The van der Waals surface area contributed by atoms with Crippen molar-refractivity contribution in [1.29, 1.82) is 0 Å². The van der Waals surface area contributed by atoms with Gasteiger partial charge in [0.15, 0.2) is 0 Å². The number of aliphatic hydroxyl groups is 1. The number of rotatable bonds is 3. The lowest BCUT2D eigenvalue weighted by atomic mass is 9.99. The number of sulfonamides is 1. The van der Waals surface area contributed by atoms with Crippen LogP contribution in [0.3, 0.4) is 0 Å². The topological polar surface area (TPSA) is 109 Å². The number of aliphatic hydroxyl groups excluding tert-OH is 1. The lowest BCUT2D eigenvalue weighted by molar-refractivity contribution is 0.166. The summed E-state index contributed by atoms with van der Waals surface area (Å²) in [7, 11) is -4.18. The van der Waals surface area contributed by atoms with Gasteiger partial charge in [-0.25, -0.2) is 9.52 Å². The molecular weight excluding hydrogens is 404 g/mol. The number of urea groups is 1. The normalized spacial score (nSPS) is 20.2. The number of benzene rings is 1. The van der Waals surface area contributed by atoms with E-state index >= 15 is 0 Å². The number of hydrogen-bond acceptors (Lipinski definition) is 5. The molecule has 2 aromatic rings. The van der Waals surface area contributed by atoms with Gasteiger partial charge >= 0.3 is 6.03 Å². The number of hydrogen-bond donors (Lipinski definition) is 3. The minimum Gasteiger partial charge on any atom is -0.447 e. The Bertz CT molecular complexity index is 1090. The number of fused-ring (bicyclic) bond motifs is 3.